The second kappa shape index (κ2) is 7.41. The number of nitrogens with one attached hydrogen (secondary N) is 1. The summed E-state index contributed by atoms with van der Waals surface area (Å²) in [4.78, 5) is 29.8. The quantitative estimate of drug-likeness (QED) is 0.750. The summed E-state index contributed by atoms with van der Waals surface area (Å²) in [5.41, 5.74) is 6.05. The van der Waals surface area contributed by atoms with Gasteiger partial charge in [-0.3, -0.25) is 9.59 Å². The number of hydrogen-bond acceptors (Lipinski definition) is 4. The molecule has 1 fully saturated rings. The lowest BCUT2D eigenvalue weighted by Crippen LogP contribution is -2.39. The number of hydrogen-bond donors (Lipinski definition) is 2. The Balaban J connectivity index is 1.98. The second-order valence-corrected chi connectivity index (χ2v) is 4.68. The van der Waals surface area contributed by atoms with Gasteiger partial charge in [0, 0.05) is 19.3 Å². The molecule has 1 aliphatic rings. The van der Waals surface area contributed by atoms with E-state index in [0.29, 0.717) is 5.56 Å². The molecular formula is C15H18N4O2. The van der Waals surface area contributed by atoms with Crippen LogP contribution in [0.4, 0.5) is 0 Å². The highest BCUT2D eigenvalue weighted by Crippen LogP contribution is 2.07. The molecule has 0 atom stereocenters. The van der Waals surface area contributed by atoms with Crippen molar-refractivity contribution in [2.24, 2.45) is 5.73 Å². The summed E-state index contributed by atoms with van der Waals surface area (Å²) in [6.45, 7) is 1.74. The molecule has 0 aliphatic carbocycles. The summed E-state index contributed by atoms with van der Waals surface area (Å²) >= 11 is 0. The molecule has 2 rings (SSSR count). The van der Waals surface area contributed by atoms with Crippen LogP contribution in [-0.4, -0.2) is 47.9 Å². The first-order chi connectivity index (χ1) is 10.2. The van der Waals surface area contributed by atoms with E-state index in [1.807, 2.05) is 0 Å². The van der Waals surface area contributed by atoms with Crippen molar-refractivity contribution < 1.29 is 9.59 Å². The van der Waals surface area contributed by atoms with Crippen LogP contribution in [0.5, 0.6) is 0 Å². The van der Waals surface area contributed by atoms with Gasteiger partial charge in [-0.25, -0.2) is 4.98 Å². The summed E-state index contributed by atoms with van der Waals surface area (Å²) in [7, 11) is 0. The molecule has 0 radical (unpaired) electrons. The smallest absolute Gasteiger partial charge is 0.271 e. The molecule has 110 valence electrons. The van der Waals surface area contributed by atoms with Gasteiger partial charge in [0.2, 0.25) is 5.91 Å². The molecule has 1 aromatic rings. The van der Waals surface area contributed by atoms with Crippen molar-refractivity contribution in [3.63, 3.8) is 0 Å². The molecule has 1 saturated heterocycles. The number of pyridine rings is 1. The molecule has 21 heavy (non-hydrogen) atoms. The van der Waals surface area contributed by atoms with Crippen LogP contribution in [0, 0.1) is 11.8 Å². The Bertz CT molecular complexity index is 583. The van der Waals surface area contributed by atoms with Gasteiger partial charge in [0.1, 0.15) is 5.69 Å². The van der Waals surface area contributed by atoms with E-state index < -0.39 is 5.91 Å². The van der Waals surface area contributed by atoms with Gasteiger partial charge in [-0.15, -0.1) is 0 Å². The van der Waals surface area contributed by atoms with Crippen LogP contribution in [-0.2, 0) is 4.79 Å². The van der Waals surface area contributed by atoms with Crippen LogP contribution >= 0.6 is 0 Å². The summed E-state index contributed by atoms with van der Waals surface area (Å²) < 4.78 is 0. The van der Waals surface area contributed by atoms with Gasteiger partial charge in [0.25, 0.3) is 5.91 Å². The van der Waals surface area contributed by atoms with Gasteiger partial charge in [-0.1, -0.05) is 11.8 Å². The van der Waals surface area contributed by atoms with Crippen molar-refractivity contribution in [2.75, 3.05) is 26.2 Å². The molecule has 1 aromatic heterocycles. The van der Waals surface area contributed by atoms with Gasteiger partial charge in [-0.2, -0.15) is 0 Å². The van der Waals surface area contributed by atoms with Crippen LogP contribution < -0.4 is 11.1 Å². The Morgan fingerprint density at radius 3 is 2.86 bits per heavy atom. The minimum Gasteiger partial charge on any atom is -0.342 e. The van der Waals surface area contributed by atoms with Gasteiger partial charge in [0.05, 0.1) is 18.7 Å². The zero-order chi connectivity index (χ0) is 15.1. The third-order valence-electron chi connectivity index (χ3n) is 3.21. The lowest BCUT2D eigenvalue weighted by molar-refractivity contribution is -0.129. The normalized spacial score (nSPS) is 13.5. The summed E-state index contributed by atoms with van der Waals surface area (Å²) in [5, 5.41) is 2.60. The first-order valence-electron chi connectivity index (χ1n) is 6.92. The molecule has 3 N–H and O–H groups in total. The third-order valence-corrected chi connectivity index (χ3v) is 3.21. The minimum atomic E-state index is -0.399. The Hall–Kier alpha value is -2.39. The third kappa shape index (κ3) is 4.04. The van der Waals surface area contributed by atoms with Crippen molar-refractivity contribution in [2.45, 2.75) is 12.8 Å². The van der Waals surface area contributed by atoms with Crippen LogP contribution in [0.1, 0.15) is 28.9 Å². The maximum Gasteiger partial charge on any atom is 0.271 e. The first kappa shape index (κ1) is 15.0. The van der Waals surface area contributed by atoms with E-state index in [9.17, 15) is 9.59 Å². The highest BCUT2D eigenvalue weighted by molar-refractivity contribution is 5.96. The van der Waals surface area contributed by atoms with E-state index in [2.05, 4.69) is 22.1 Å². The number of nitrogens with zero attached hydrogens (tertiary/aromatic N) is 2. The zero-order valence-corrected chi connectivity index (χ0v) is 11.8. The fourth-order valence-corrected chi connectivity index (χ4v) is 2.15. The number of carbonyl (C=O) groups is 2. The molecule has 6 nitrogen and oxygen atoms in total. The van der Waals surface area contributed by atoms with Gasteiger partial charge in [-0.05, 0) is 25.0 Å². The van der Waals surface area contributed by atoms with Crippen molar-refractivity contribution >= 4 is 11.8 Å². The molecule has 0 spiro atoms. The zero-order valence-electron chi connectivity index (χ0n) is 11.8. The SMILES string of the molecule is NCC#Cc1cccnc1C(=O)NCC(=O)N1CCCC1. The van der Waals surface area contributed by atoms with E-state index in [1.165, 1.54) is 6.20 Å². The number of carbonyl (C=O) groups excluding carboxylic acids is 2. The average Bonchev–Trinajstić information content (AvgIpc) is 3.05. The van der Waals surface area contributed by atoms with E-state index >= 15 is 0 Å². The van der Waals surface area contributed by atoms with E-state index in [-0.39, 0.29) is 24.7 Å². The van der Waals surface area contributed by atoms with E-state index in [0.717, 1.165) is 25.9 Å². The largest absolute Gasteiger partial charge is 0.342 e. The summed E-state index contributed by atoms with van der Waals surface area (Å²) in [6.07, 6.45) is 3.57. The van der Waals surface area contributed by atoms with Crippen LogP contribution in [0.2, 0.25) is 0 Å². The molecule has 6 heteroatoms. The highest BCUT2D eigenvalue weighted by Gasteiger charge is 2.19. The Morgan fingerprint density at radius 2 is 2.14 bits per heavy atom. The van der Waals surface area contributed by atoms with Gasteiger partial charge < -0.3 is 16.0 Å². The van der Waals surface area contributed by atoms with Crippen LogP contribution in [0.25, 0.3) is 0 Å². The molecule has 0 saturated carbocycles. The van der Waals surface area contributed by atoms with Crippen molar-refractivity contribution in [3.05, 3.63) is 29.6 Å². The molecule has 2 amide bonds. The van der Waals surface area contributed by atoms with Crippen molar-refractivity contribution in [1.29, 1.82) is 0 Å². The predicted octanol–water partition coefficient (Wildman–Crippen LogP) is -0.256. The number of aromatic nitrogens is 1. The number of amides is 2. The highest BCUT2D eigenvalue weighted by atomic mass is 16.2. The van der Waals surface area contributed by atoms with Crippen LogP contribution in [0.3, 0.4) is 0 Å². The molecular weight excluding hydrogens is 268 g/mol. The molecule has 0 bridgehead atoms. The van der Waals surface area contributed by atoms with E-state index in [4.69, 9.17) is 5.73 Å². The second-order valence-electron chi connectivity index (χ2n) is 4.68. The van der Waals surface area contributed by atoms with Crippen molar-refractivity contribution in [1.82, 2.24) is 15.2 Å². The number of likely N-dealkylation sites (tertiary alicyclic amines) is 1. The van der Waals surface area contributed by atoms with Crippen molar-refractivity contribution in [3.8, 4) is 11.8 Å². The minimum absolute atomic E-state index is 0.0147. The molecule has 2 heterocycles. The summed E-state index contributed by atoms with van der Waals surface area (Å²) in [6, 6.07) is 3.40. The standard InChI is InChI=1S/C15H18N4O2/c16-7-3-5-12-6-4-8-17-14(12)15(21)18-11-13(20)19-9-1-2-10-19/h4,6,8H,1-2,7,9-11,16H2,(H,18,21). The fourth-order valence-electron chi connectivity index (χ4n) is 2.15. The van der Waals surface area contributed by atoms with Gasteiger partial charge in [0.15, 0.2) is 0 Å². The predicted molar refractivity (Wildman–Crippen MR) is 78.3 cm³/mol. The number of rotatable bonds is 3. The lowest BCUT2D eigenvalue weighted by Gasteiger charge is -2.15. The van der Waals surface area contributed by atoms with Gasteiger partial charge >= 0.3 is 0 Å². The molecule has 0 aromatic carbocycles. The van der Waals surface area contributed by atoms with Crippen LogP contribution in [0.15, 0.2) is 18.3 Å². The Labute approximate surface area is 123 Å². The fraction of sp³-hybridized carbons (Fsp3) is 0.400. The molecule has 1 aliphatic heterocycles. The summed E-state index contributed by atoms with van der Waals surface area (Å²) in [5.74, 6) is 5.03. The number of nitrogens with two attached hydrogens (primary N) is 1. The topological polar surface area (TPSA) is 88.3 Å². The van der Waals surface area contributed by atoms with E-state index in [1.54, 1.807) is 17.0 Å². The Kier molecular flexibility index (Phi) is 5.29. The lowest BCUT2D eigenvalue weighted by atomic mass is 10.2. The average molecular weight is 286 g/mol. The first-order valence-corrected chi connectivity index (χ1v) is 6.92. The maximum atomic E-state index is 12.1. The monoisotopic (exact) mass is 286 g/mol. The Morgan fingerprint density at radius 1 is 1.38 bits per heavy atom. The maximum absolute atomic E-state index is 12.1. The molecule has 0 unspecified atom stereocenters.